The zero-order chi connectivity index (χ0) is 16.1. The normalized spacial score (nSPS) is 13.7. The Bertz CT molecular complexity index is 642. The molecule has 0 bridgehead atoms. The van der Waals surface area contributed by atoms with Crippen molar-refractivity contribution in [3.8, 4) is 23.0 Å². The monoisotopic (exact) mass is 315 g/mol. The molecule has 1 heterocycles. The highest BCUT2D eigenvalue weighted by Gasteiger charge is 2.14. The van der Waals surface area contributed by atoms with Gasteiger partial charge >= 0.3 is 0 Å². The Morgan fingerprint density at radius 3 is 2.52 bits per heavy atom. The Morgan fingerprint density at radius 2 is 1.78 bits per heavy atom. The molecule has 0 fully saturated rings. The van der Waals surface area contributed by atoms with Crippen molar-refractivity contribution in [2.24, 2.45) is 5.73 Å². The Balaban J connectivity index is 1.55. The molecule has 1 atom stereocenters. The van der Waals surface area contributed by atoms with Crippen molar-refractivity contribution in [1.29, 1.82) is 0 Å². The topological polar surface area (TPSA) is 62.9 Å². The first-order valence-electron chi connectivity index (χ1n) is 7.66. The van der Waals surface area contributed by atoms with Crippen LogP contribution in [0.4, 0.5) is 0 Å². The summed E-state index contributed by atoms with van der Waals surface area (Å²) in [5, 5.41) is 0. The van der Waals surface area contributed by atoms with E-state index in [-0.39, 0.29) is 12.7 Å². The molecule has 5 heteroatoms. The number of fused-ring (bicyclic) bond motifs is 1. The van der Waals surface area contributed by atoms with E-state index >= 15 is 0 Å². The lowest BCUT2D eigenvalue weighted by molar-refractivity contribution is 0.173. The lowest BCUT2D eigenvalue weighted by Crippen LogP contribution is -2.15. The van der Waals surface area contributed by atoms with Crippen LogP contribution in [0.25, 0.3) is 0 Å². The minimum absolute atomic E-state index is 0.259. The predicted molar refractivity (Wildman–Crippen MR) is 87.5 cm³/mol. The molecule has 0 spiro atoms. The second-order valence-corrected chi connectivity index (χ2v) is 5.36. The van der Waals surface area contributed by atoms with Crippen LogP contribution in [-0.4, -0.2) is 27.1 Å². The van der Waals surface area contributed by atoms with Gasteiger partial charge in [0.25, 0.3) is 0 Å². The first-order chi connectivity index (χ1) is 11.3. The molecule has 3 rings (SSSR count). The minimum Gasteiger partial charge on any atom is -0.497 e. The SMILES string of the molecule is COc1ccc(C(CN)CCOc2ccc3c(c2)OCO3)cc1. The van der Waals surface area contributed by atoms with Crippen molar-refractivity contribution < 1.29 is 18.9 Å². The molecule has 2 aromatic rings. The van der Waals surface area contributed by atoms with Gasteiger partial charge in [-0.15, -0.1) is 0 Å². The first kappa shape index (κ1) is 15.5. The summed E-state index contributed by atoms with van der Waals surface area (Å²) in [5.41, 5.74) is 7.10. The van der Waals surface area contributed by atoms with Gasteiger partial charge in [0.15, 0.2) is 11.5 Å². The molecule has 0 aromatic heterocycles. The average molecular weight is 315 g/mol. The fourth-order valence-electron chi connectivity index (χ4n) is 2.58. The highest BCUT2D eigenvalue weighted by Crippen LogP contribution is 2.35. The molecule has 1 aliphatic heterocycles. The first-order valence-corrected chi connectivity index (χ1v) is 7.66. The Kier molecular flexibility index (Phi) is 4.88. The van der Waals surface area contributed by atoms with Crippen molar-refractivity contribution in [1.82, 2.24) is 0 Å². The molecule has 5 nitrogen and oxygen atoms in total. The van der Waals surface area contributed by atoms with E-state index in [1.54, 1.807) is 7.11 Å². The van der Waals surface area contributed by atoms with Crippen LogP contribution in [-0.2, 0) is 0 Å². The molecule has 0 aliphatic carbocycles. The molecule has 23 heavy (non-hydrogen) atoms. The van der Waals surface area contributed by atoms with Crippen molar-refractivity contribution in [3.05, 3.63) is 48.0 Å². The molecule has 1 unspecified atom stereocenters. The van der Waals surface area contributed by atoms with E-state index < -0.39 is 0 Å². The average Bonchev–Trinajstić information content (AvgIpc) is 3.07. The van der Waals surface area contributed by atoms with Gasteiger partial charge in [-0.1, -0.05) is 12.1 Å². The summed E-state index contributed by atoms with van der Waals surface area (Å²) in [6, 6.07) is 13.6. The van der Waals surface area contributed by atoms with Gasteiger partial charge in [0, 0.05) is 6.07 Å². The molecule has 0 radical (unpaired) electrons. The number of hydrogen-bond acceptors (Lipinski definition) is 5. The number of benzene rings is 2. The molecule has 2 aromatic carbocycles. The minimum atomic E-state index is 0.259. The standard InChI is InChI=1S/C18H21NO4/c1-20-15-4-2-13(3-5-15)14(11-19)8-9-21-16-6-7-17-18(10-16)23-12-22-17/h2-7,10,14H,8-9,11-12,19H2,1H3. The number of methoxy groups -OCH3 is 1. The second-order valence-electron chi connectivity index (χ2n) is 5.36. The van der Waals surface area contributed by atoms with E-state index in [1.165, 1.54) is 5.56 Å². The molecule has 0 amide bonds. The molecule has 0 saturated heterocycles. The van der Waals surface area contributed by atoms with Gasteiger partial charge in [0.05, 0.1) is 13.7 Å². The molecule has 122 valence electrons. The zero-order valence-electron chi connectivity index (χ0n) is 13.2. The summed E-state index contributed by atoms with van der Waals surface area (Å²) in [6.45, 7) is 1.44. The smallest absolute Gasteiger partial charge is 0.231 e. The largest absolute Gasteiger partial charge is 0.497 e. The number of hydrogen-bond donors (Lipinski definition) is 1. The van der Waals surface area contributed by atoms with Crippen LogP contribution in [0.1, 0.15) is 17.9 Å². The van der Waals surface area contributed by atoms with Crippen molar-refractivity contribution in [3.63, 3.8) is 0 Å². The van der Waals surface area contributed by atoms with Gasteiger partial charge in [0.1, 0.15) is 11.5 Å². The summed E-state index contributed by atoms with van der Waals surface area (Å²) in [5.74, 6) is 3.37. The van der Waals surface area contributed by atoms with Crippen LogP contribution < -0.4 is 24.7 Å². The fourth-order valence-corrected chi connectivity index (χ4v) is 2.58. The van der Waals surface area contributed by atoms with E-state index in [0.717, 1.165) is 29.4 Å². The second kappa shape index (κ2) is 7.24. The quantitative estimate of drug-likeness (QED) is 0.851. The van der Waals surface area contributed by atoms with E-state index in [4.69, 9.17) is 24.7 Å². The highest BCUT2D eigenvalue weighted by atomic mass is 16.7. The summed E-state index contributed by atoms with van der Waals surface area (Å²) in [4.78, 5) is 0. The number of nitrogens with two attached hydrogens (primary N) is 1. The van der Waals surface area contributed by atoms with Crippen LogP contribution in [0.5, 0.6) is 23.0 Å². The van der Waals surface area contributed by atoms with Crippen molar-refractivity contribution in [2.75, 3.05) is 27.1 Å². The van der Waals surface area contributed by atoms with Crippen LogP contribution in [0, 0.1) is 0 Å². The van der Waals surface area contributed by atoms with Crippen molar-refractivity contribution >= 4 is 0 Å². The van der Waals surface area contributed by atoms with Crippen LogP contribution >= 0.6 is 0 Å². The Labute approximate surface area is 135 Å². The van der Waals surface area contributed by atoms with Gasteiger partial charge in [-0.3, -0.25) is 0 Å². The lowest BCUT2D eigenvalue weighted by atomic mass is 9.96. The molecular formula is C18H21NO4. The number of rotatable bonds is 7. The third-order valence-corrected chi connectivity index (χ3v) is 3.95. The maximum atomic E-state index is 5.91. The predicted octanol–water partition coefficient (Wildman–Crippen LogP) is 2.94. The van der Waals surface area contributed by atoms with Gasteiger partial charge in [-0.05, 0) is 48.7 Å². The van der Waals surface area contributed by atoms with E-state index in [1.807, 2.05) is 30.3 Å². The molecule has 0 saturated carbocycles. The Hall–Kier alpha value is -2.40. The third kappa shape index (κ3) is 3.68. The highest BCUT2D eigenvalue weighted by molar-refractivity contribution is 5.46. The van der Waals surface area contributed by atoms with Gasteiger partial charge in [-0.2, -0.15) is 0 Å². The summed E-state index contributed by atoms with van der Waals surface area (Å²) in [6.07, 6.45) is 0.845. The van der Waals surface area contributed by atoms with Crippen LogP contribution in [0.2, 0.25) is 0 Å². The summed E-state index contributed by atoms with van der Waals surface area (Å²) in [7, 11) is 1.66. The van der Waals surface area contributed by atoms with Crippen molar-refractivity contribution in [2.45, 2.75) is 12.3 Å². The maximum absolute atomic E-state index is 5.91. The Morgan fingerprint density at radius 1 is 1.04 bits per heavy atom. The maximum Gasteiger partial charge on any atom is 0.231 e. The lowest BCUT2D eigenvalue weighted by Gasteiger charge is -2.16. The summed E-state index contributed by atoms with van der Waals surface area (Å²) < 4.78 is 21.6. The third-order valence-electron chi connectivity index (χ3n) is 3.95. The zero-order valence-corrected chi connectivity index (χ0v) is 13.2. The number of ether oxygens (including phenoxy) is 4. The van der Waals surface area contributed by atoms with E-state index in [2.05, 4.69) is 12.1 Å². The molecule has 1 aliphatic rings. The van der Waals surface area contributed by atoms with E-state index in [0.29, 0.717) is 13.2 Å². The molecule has 2 N–H and O–H groups in total. The molecular weight excluding hydrogens is 294 g/mol. The fraction of sp³-hybridized carbons (Fsp3) is 0.333. The summed E-state index contributed by atoms with van der Waals surface area (Å²) >= 11 is 0. The van der Waals surface area contributed by atoms with Gasteiger partial charge in [0.2, 0.25) is 6.79 Å². The van der Waals surface area contributed by atoms with Gasteiger partial charge in [-0.25, -0.2) is 0 Å². The van der Waals surface area contributed by atoms with E-state index in [9.17, 15) is 0 Å². The van der Waals surface area contributed by atoms with Crippen LogP contribution in [0.3, 0.4) is 0 Å². The van der Waals surface area contributed by atoms with Gasteiger partial charge < -0.3 is 24.7 Å². The van der Waals surface area contributed by atoms with Crippen LogP contribution in [0.15, 0.2) is 42.5 Å².